The number of carbonyl (C=O) groups is 1. The number of hydrogen-bond donors (Lipinski definition) is 1. The second-order valence-corrected chi connectivity index (χ2v) is 10.1. The zero-order chi connectivity index (χ0) is 21.9. The maximum Gasteiger partial charge on any atom is 0.247 e. The zero-order valence-electron chi connectivity index (χ0n) is 16.9. The van der Waals surface area contributed by atoms with Crippen molar-refractivity contribution >= 4 is 56.2 Å². The van der Waals surface area contributed by atoms with Crippen molar-refractivity contribution in [2.75, 3.05) is 33.9 Å². The quantitative estimate of drug-likeness (QED) is 0.660. The molecular formula is C21H25Cl2N3O3S. The summed E-state index contributed by atoms with van der Waals surface area (Å²) < 4.78 is 25.9. The van der Waals surface area contributed by atoms with Crippen LogP contribution < -0.4 is 14.5 Å². The third kappa shape index (κ3) is 5.39. The Kier molecular flexibility index (Phi) is 7.16. The minimum absolute atomic E-state index is 0.162. The standard InChI is InChI=1S/C21H25Cl2N3O3S/c1-15(26(30(2,28)29)20-14-16(22)6-11-19(20)23)21(27)24-17-7-9-18(10-8-17)25-12-4-3-5-13-25/h6-11,14-15H,3-5,12-13H2,1-2H3,(H,24,27)/t15-/m0/s1. The fourth-order valence-electron chi connectivity index (χ4n) is 3.59. The number of hydrogen-bond acceptors (Lipinski definition) is 4. The molecule has 1 aliphatic heterocycles. The number of amides is 1. The van der Waals surface area contributed by atoms with Gasteiger partial charge in [-0.1, -0.05) is 23.2 Å². The Hall–Kier alpha value is -1.96. The van der Waals surface area contributed by atoms with E-state index in [0.717, 1.165) is 29.3 Å². The van der Waals surface area contributed by atoms with Crippen LogP contribution in [0.25, 0.3) is 0 Å². The highest BCUT2D eigenvalue weighted by Crippen LogP contribution is 2.32. The Morgan fingerprint density at radius 1 is 1.07 bits per heavy atom. The second kappa shape index (κ2) is 9.45. The van der Waals surface area contributed by atoms with Crippen molar-refractivity contribution in [1.29, 1.82) is 0 Å². The van der Waals surface area contributed by atoms with Crippen LogP contribution in [0, 0.1) is 0 Å². The van der Waals surface area contributed by atoms with E-state index in [9.17, 15) is 13.2 Å². The van der Waals surface area contributed by atoms with Gasteiger partial charge in [0.1, 0.15) is 6.04 Å². The Balaban J connectivity index is 1.78. The first-order valence-electron chi connectivity index (χ1n) is 9.77. The molecule has 0 aliphatic carbocycles. The van der Waals surface area contributed by atoms with E-state index in [2.05, 4.69) is 10.2 Å². The van der Waals surface area contributed by atoms with Gasteiger partial charge < -0.3 is 10.2 Å². The van der Waals surface area contributed by atoms with Gasteiger partial charge in [-0.2, -0.15) is 0 Å². The fraction of sp³-hybridized carbons (Fsp3) is 0.381. The molecule has 1 heterocycles. The lowest BCUT2D eigenvalue weighted by atomic mass is 10.1. The molecule has 1 N–H and O–H groups in total. The maximum absolute atomic E-state index is 12.9. The molecule has 0 aromatic heterocycles. The van der Waals surface area contributed by atoms with Gasteiger partial charge in [-0.3, -0.25) is 9.10 Å². The summed E-state index contributed by atoms with van der Waals surface area (Å²) in [5.74, 6) is -0.470. The van der Waals surface area contributed by atoms with E-state index in [1.165, 1.54) is 38.3 Å². The lowest BCUT2D eigenvalue weighted by Crippen LogP contribution is -2.45. The molecule has 9 heteroatoms. The molecule has 0 bridgehead atoms. The van der Waals surface area contributed by atoms with Gasteiger partial charge >= 0.3 is 0 Å². The van der Waals surface area contributed by atoms with E-state index in [0.29, 0.717) is 10.7 Å². The third-order valence-corrected chi connectivity index (χ3v) is 6.87. The molecule has 0 saturated carbocycles. The van der Waals surface area contributed by atoms with Gasteiger partial charge in [0, 0.05) is 29.5 Å². The van der Waals surface area contributed by atoms with Crippen LogP contribution in [0.15, 0.2) is 42.5 Å². The van der Waals surface area contributed by atoms with Crippen molar-refractivity contribution in [3.05, 3.63) is 52.5 Å². The van der Waals surface area contributed by atoms with E-state index < -0.39 is 22.0 Å². The lowest BCUT2D eigenvalue weighted by molar-refractivity contribution is -0.116. The maximum atomic E-state index is 12.9. The molecular weight excluding hydrogens is 445 g/mol. The van der Waals surface area contributed by atoms with Crippen LogP contribution in [0.3, 0.4) is 0 Å². The number of anilines is 3. The lowest BCUT2D eigenvalue weighted by Gasteiger charge is -2.30. The number of nitrogens with zero attached hydrogens (tertiary/aromatic N) is 2. The molecule has 6 nitrogen and oxygen atoms in total. The number of rotatable bonds is 6. The SMILES string of the molecule is C[C@@H](C(=O)Nc1ccc(N2CCCCC2)cc1)N(c1cc(Cl)ccc1Cl)S(C)(=O)=O. The highest BCUT2D eigenvalue weighted by Gasteiger charge is 2.31. The minimum atomic E-state index is -3.79. The minimum Gasteiger partial charge on any atom is -0.372 e. The molecule has 3 rings (SSSR count). The summed E-state index contributed by atoms with van der Waals surface area (Å²) in [5.41, 5.74) is 1.87. The van der Waals surface area contributed by atoms with Crippen molar-refractivity contribution in [3.63, 3.8) is 0 Å². The Labute approximate surface area is 187 Å². The second-order valence-electron chi connectivity index (χ2n) is 7.41. The number of nitrogens with one attached hydrogen (secondary N) is 1. The molecule has 1 saturated heterocycles. The summed E-state index contributed by atoms with van der Waals surface area (Å²) in [7, 11) is -3.79. The van der Waals surface area contributed by atoms with Crippen molar-refractivity contribution in [2.45, 2.75) is 32.2 Å². The van der Waals surface area contributed by atoms with E-state index in [-0.39, 0.29) is 10.7 Å². The first-order chi connectivity index (χ1) is 14.2. The molecule has 1 aliphatic rings. The first kappa shape index (κ1) is 22.7. The summed E-state index contributed by atoms with van der Waals surface area (Å²) in [6.07, 6.45) is 4.66. The monoisotopic (exact) mass is 469 g/mol. The highest BCUT2D eigenvalue weighted by atomic mass is 35.5. The molecule has 162 valence electrons. The Morgan fingerprint density at radius 3 is 2.30 bits per heavy atom. The predicted octanol–water partition coefficient (Wildman–Crippen LogP) is 4.78. The summed E-state index contributed by atoms with van der Waals surface area (Å²) in [5, 5.41) is 3.30. The number of halogens is 2. The number of carbonyl (C=O) groups excluding carboxylic acids is 1. The van der Waals surface area contributed by atoms with Crippen LogP contribution in [-0.4, -0.2) is 39.7 Å². The molecule has 0 unspecified atom stereocenters. The van der Waals surface area contributed by atoms with Crippen molar-refractivity contribution < 1.29 is 13.2 Å². The van der Waals surface area contributed by atoms with Crippen molar-refractivity contribution in [1.82, 2.24) is 0 Å². The number of benzene rings is 2. The molecule has 2 aromatic rings. The highest BCUT2D eigenvalue weighted by molar-refractivity contribution is 7.92. The molecule has 2 aromatic carbocycles. The van der Waals surface area contributed by atoms with Crippen molar-refractivity contribution in [2.24, 2.45) is 0 Å². The van der Waals surface area contributed by atoms with Crippen LogP contribution in [-0.2, 0) is 14.8 Å². The van der Waals surface area contributed by atoms with Crippen LogP contribution in [0.2, 0.25) is 10.0 Å². The number of piperidine rings is 1. The van der Waals surface area contributed by atoms with E-state index >= 15 is 0 Å². The van der Waals surface area contributed by atoms with Gasteiger partial charge in [-0.15, -0.1) is 0 Å². The number of sulfonamides is 1. The zero-order valence-corrected chi connectivity index (χ0v) is 19.3. The van der Waals surface area contributed by atoms with Crippen LogP contribution >= 0.6 is 23.2 Å². The normalized spacial score (nSPS) is 15.5. The van der Waals surface area contributed by atoms with Gasteiger partial charge in [0.2, 0.25) is 15.9 Å². The third-order valence-electron chi connectivity index (χ3n) is 5.09. The van der Waals surface area contributed by atoms with Crippen LogP contribution in [0.4, 0.5) is 17.1 Å². The molecule has 1 fully saturated rings. The fourth-order valence-corrected chi connectivity index (χ4v) is 5.19. The van der Waals surface area contributed by atoms with Gasteiger partial charge in [0.05, 0.1) is 17.0 Å². The topological polar surface area (TPSA) is 69.7 Å². The molecule has 1 atom stereocenters. The average Bonchev–Trinajstić information content (AvgIpc) is 2.71. The van der Waals surface area contributed by atoms with Gasteiger partial charge in [0.25, 0.3) is 0 Å². The van der Waals surface area contributed by atoms with Gasteiger partial charge in [-0.25, -0.2) is 8.42 Å². The van der Waals surface area contributed by atoms with Crippen molar-refractivity contribution in [3.8, 4) is 0 Å². The van der Waals surface area contributed by atoms with Gasteiger partial charge in [-0.05, 0) is 68.7 Å². The summed E-state index contributed by atoms with van der Waals surface area (Å²) in [6.45, 7) is 3.58. The molecule has 0 spiro atoms. The van der Waals surface area contributed by atoms with Crippen LogP contribution in [0.1, 0.15) is 26.2 Å². The average molecular weight is 470 g/mol. The van der Waals surface area contributed by atoms with E-state index in [1.54, 1.807) is 6.07 Å². The molecule has 0 radical (unpaired) electrons. The summed E-state index contributed by atoms with van der Waals surface area (Å²) in [4.78, 5) is 15.2. The largest absolute Gasteiger partial charge is 0.372 e. The first-order valence-corrected chi connectivity index (χ1v) is 12.4. The van der Waals surface area contributed by atoms with E-state index in [4.69, 9.17) is 23.2 Å². The smallest absolute Gasteiger partial charge is 0.247 e. The predicted molar refractivity (Wildman–Crippen MR) is 124 cm³/mol. The Bertz CT molecular complexity index is 1010. The van der Waals surface area contributed by atoms with Crippen LogP contribution in [0.5, 0.6) is 0 Å². The van der Waals surface area contributed by atoms with Gasteiger partial charge in [0.15, 0.2) is 0 Å². The Morgan fingerprint density at radius 2 is 1.70 bits per heavy atom. The molecule has 30 heavy (non-hydrogen) atoms. The van der Waals surface area contributed by atoms with E-state index in [1.807, 2.05) is 24.3 Å². The summed E-state index contributed by atoms with van der Waals surface area (Å²) >= 11 is 12.2. The summed E-state index contributed by atoms with van der Waals surface area (Å²) in [6, 6.07) is 11.0. The molecule has 1 amide bonds.